The van der Waals surface area contributed by atoms with Crippen molar-refractivity contribution in [2.45, 2.75) is 38.8 Å². The highest BCUT2D eigenvalue weighted by Crippen LogP contribution is 2.23. The number of hydrogen-bond acceptors (Lipinski definition) is 6. The van der Waals surface area contributed by atoms with Crippen LogP contribution < -0.4 is 5.32 Å². The summed E-state index contributed by atoms with van der Waals surface area (Å²) in [5.41, 5.74) is 0. The Hall–Kier alpha value is -1.44. The lowest BCUT2D eigenvalue weighted by Gasteiger charge is -2.16. The molecular formula is C13H18ClN3O3S. The van der Waals surface area contributed by atoms with Gasteiger partial charge < -0.3 is 9.63 Å². The minimum atomic E-state index is -0.864. The van der Waals surface area contributed by atoms with Gasteiger partial charge in [-0.1, -0.05) is 24.6 Å². The van der Waals surface area contributed by atoms with Crippen LogP contribution >= 0.6 is 23.7 Å². The normalized spacial score (nSPS) is 13.4. The molecule has 116 valence electrons. The van der Waals surface area contributed by atoms with E-state index in [1.54, 1.807) is 0 Å². The third-order valence-corrected chi connectivity index (χ3v) is 3.75. The molecule has 0 bridgehead atoms. The average molecular weight is 332 g/mol. The number of aromatic nitrogens is 2. The van der Waals surface area contributed by atoms with E-state index in [1.807, 2.05) is 31.4 Å². The minimum Gasteiger partial charge on any atom is -0.480 e. The Labute approximate surface area is 133 Å². The van der Waals surface area contributed by atoms with Crippen molar-refractivity contribution in [3.63, 3.8) is 0 Å². The van der Waals surface area contributed by atoms with Crippen molar-refractivity contribution < 1.29 is 14.4 Å². The second-order valence-corrected chi connectivity index (χ2v) is 5.45. The highest BCUT2D eigenvalue weighted by atomic mass is 35.5. The maximum absolute atomic E-state index is 11.1. The van der Waals surface area contributed by atoms with Crippen LogP contribution in [0.1, 0.15) is 38.6 Å². The molecule has 0 fully saturated rings. The third-order valence-electron chi connectivity index (χ3n) is 2.88. The fraction of sp³-hybridized carbons (Fsp3) is 0.462. The maximum atomic E-state index is 11.1. The summed E-state index contributed by atoms with van der Waals surface area (Å²) in [5.74, 6) is 0.0680. The number of rotatable bonds is 7. The molecule has 6 nitrogen and oxygen atoms in total. The molecule has 0 spiro atoms. The number of hydrogen-bond donors (Lipinski definition) is 2. The Balaban J connectivity index is 0.00000220. The Morgan fingerprint density at radius 3 is 2.90 bits per heavy atom. The molecule has 0 aliphatic heterocycles. The molecule has 2 aromatic heterocycles. The number of carboxylic acids is 1. The van der Waals surface area contributed by atoms with Gasteiger partial charge in [0.2, 0.25) is 11.7 Å². The molecule has 2 heterocycles. The van der Waals surface area contributed by atoms with Crippen molar-refractivity contribution in [3.8, 4) is 10.7 Å². The van der Waals surface area contributed by atoms with Crippen LogP contribution in [0.3, 0.4) is 0 Å². The number of nitrogens with zero attached hydrogens (tertiary/aromatic N) is 2. The van der Waals surface area contributed by atoms with Gasteiger partial charge in [0.05, 0.1) is 10.9 Å². The van der Waals surface area contributed by atoms with Crippen LogP contribution in [0.15, 0.2) is 22.0 Å². The second kappa shape index (κ2) is 8.11. The Morgan fingerprint density at radius 1 is 1.57 bits per heavy atom. The first-order valence-electron chi connectivity index (χ1n) is 6.48. The van der Waals surface area contributed by atoms with Gasteiger partial charge in [0.25, 0.3) is 0 Å². The first kappa shape index (κ1) is 17.6. The molecule has 2 aromatic rings. The number of carboxylic acid groups (broad SMARTS) is 1. The van der Waals surface area contributed by atoms with E-state index in [0.717, 1.165) is 11.3 Å². The van der Waals surface area contributed by atoms with Gasteiger partial charge in [0, 0.05) is 0 Å². The van der Waals surface area contributed by atoms with Gasteiger partial charge >= 0.3 is 5.97 Å². The number of halogens is 1. The molecule has 0 aliphatic carbocycles. The molecule has 8 heteroatoms. The lowest BCUT2D eigenvalue weighted by Crippen LogP contribution is -2.38. The summed E-state index contributed by atoms with van der Waals surface area (Å²) in [7, 11) is 0. The number of nitrogens with one attached hydrogen (secondary N) is 1. The molecule has 2 N–H and O–H groups in total. The fourth-order valence-electron chi connectivity index (χ4n) is 1.86. The Bertz CT molecular complexity index is 559. The van der Waals surface area contributed by atoms with E-state index in [1.165, 1.54) is 11.3 Å². The zero-order chi connectivity index (χ0) is 14.5. The summed E-state index contributed by atoms with van der Waals surface area (Å²) in [4.78, 5) is 16.3. The van der Waals surface area contributed by atoms with E-state index in [0.29, 0.717) is 18.1 Å². The molecule has 0 amide bonds. The molecular weight excluding hydrogens is 314 g/mol. The predicted molar refractivity (Wildman–Crippen MR) is 82.7 cm³/mol. The van der Waals surface area contributed by atoms with Crippen LogP contribution in [-0.2, 0) is 4.79 Å². The van der Waals surface area contributed by atoms with Gasteiger partial charge in [-0.25, -0.2) is 0 Å². The zero-order valence-electron chi connectivity index (χ0n) is 11.8. The van der Waals surface area contributed by atoms with E-state index < -0.39 is 12.0 Å². The number of carbonyl (C=O) groups is 1. The van der Waals surface area contributed by atoms with Crippen molar-refractivity contribution in [3.05, 3.63) is 23.4 Å². The molecule has 0 radical (unpaired) electrons. The first-order chi connectivity index (χ1) is 9.61. The van der Waals surface area contributed by atoms with E-state index >= 15 is 0 Å². The smallest absolute Gasteiger partial charge is 0.320 e. The van der Waals surface area contributed by atoms with E-state index in [2.05, 4.69) is 15.5 Å². The SMILES string of the molecule is CCCC(NC(C)c1nc(-c2cccs2)no1)C(=O)O.Cl. The van der Waals surface area contributed by atoms with Crippen LogP contribution in [0, 0.1) is 0 Å². The van der Waals surface area contributed by atoms with Crippen LogP contribution in [0.5, 0.6) is 0 Å². The highest BCUT2D eigenvalue weighted by Gasteiger charge is 2.22. The van der Waals surface area contributed by atoms with Crippen LogP contribution in [0.4, 0.5) is 0 Å². The summed E-state index contributed by atoms with van der Waals surface area (Å²) < 4.78 is 5.20. The van der Waals surface area contributed by atoms with E-state index in [-0.39, 0.29) is 18.4 Å². The summed E-state index contributed by atoms with van der Waals surface area (Å²) >= 11 is 1.53. The van der Waals surface area contributed by atoms with Gasteiger partial charge in [0.1, 0.15) is 6.04 Å². The molecule has 2 atom stereocenters. The molecule has 0 aromatic carbocycles. The first-order valence-corrected chi connectivity index (χ1v) is 7.36. The highest BCUT2D eigenvalue weighted by molar-refractivity contribution is 7.13. The van der Waals surface area contributed by atoms with Crippen LogP contribution in [-0.4, -0.2) is 27.3 Å². The number of thiophene rings is 1. The molecule has 0 saturated heterocycles. The molecule has 0 saturated carbocycles. The largest absolute Gasteiger partial charge is 0.480 e. The molecule has 21 heavy (non-hydrogen) atoms. The zero-order valence-corrected chi connectivity index (χ0v) is 13.4. The van der Waals surface area contributed by atoms with Crippen molar-refractivity contribution in [1.29, 1.82) is 0 Å². The van der Waals surface area contributed by atoms with Gasteiger partial charge in [-0.05, 0) is 24.8 Å². The molecule has 2 unspecified atom stereocenters. The average Bonchev–Trinajstić information content (AvgIpc) is 3.08. The fourth-order valence-corrected chi connectivity index (χ4v) is 2.51. The van der Waals surface area contributed by atoms with Gasteiger partial charge in [-0.3, -0.25) is 10.1 Å². The quantitative estimate of drug-likeness (QED) is 0.810. The van der Waals surface area contributed by atoms with Crippen molar-refractivity contribution >= 4 is 29.7 Å². The summed E-state index contributed by atoms with van der Waals surface area (Å²) in [6.07, 6.45) is 1.35. The van der Waals surface area contributed by atoms with Crippen molar-refractivity contribution in [1.82, 2.24) is 15.5 Å². The summed E-state index contributed by atoms with van der Waals surface area (Å²) in [5, 5.41) is 18.0. The van der Waals surface area contributed by atoms with Crippen molar-refractivity contribution in [2.75, 3.05) is 0 Å². The van der Waals surface area contributed by atoms with Gasteiger partial charge in [0.15, 0.2) is 0 Å². The van der Waals surface area contributed by atoms with Gasteiger partial charge in [-0.15, -0.1) is 23.7 Å². The monoisotopic (exact) mass is 331 g/mol. The predicted octanol–water partition coefficient (Wildman–Crippen LogP) is 3.12. The lowest BCUT2D eigenvalue weighted by atomic mass is 10.1. The van der Waals surface area contributed by atoms with Crippen LogP contribution in [0.25, 0.3) is 10.7 Å². The minimum absolute atomic E-state index is 0. The van der Waals surface area contributed by atoms with Crippen molar-refractivity contribution in [2.24, 2.45) is 0 Å². The summed E-state index contributed by atoms with van der Waals surface area (Å²) in [6.45, 7) is 3.77. The topological polar surface area (TPSA) is 88.3 Å². The Kier molecular flexibility index (Phi) is 6.80. The third kappa shape index (κ3) is 4.52. The lowest BCUT2D eigenvalue weighted by molar-refractivity contribution is -0.139. The van der Waals surface area contributed by atoms with E-state index in [9.17, 15) is 4.79 Å². The summed E-state index contributed by atoms with van der Waals surface area (Å²) in [6, 6.07) is 2.92. The molecule has 0 aliphatic rings. The van der Waals surface area contributed by atoms with E-state index in [4.69, 9.17) is 9.63 Å². The number of aliphatic carboxylic acids is 1. The van der Waals surface area contributed by atoms with Gasteiger partial charge in [-0.2, -0.15) is 4.98 Å². The standard InChI is InChI=1S/C13H17N3O3S.ClH/c1-3-5-9(13(17)18)14-8(2)12-15-11(16-19-12)10-6-4-7-20-10;/h4,6-9,14H,3,5H2,1-2H3,(H,17,18);1H. The maximum Gasteiger partial charge on any atom is 0.320 e. The Morgan fingerprint density at radius 2 is 2.33 bits per heavy atom. The van der Waals surface area contributed by atoms with Crippen LogP contribution in [0.2, 0.25) is 0 Å². The second-order valence-electron chi connectivity index (χ2n) is 4.50. The molecule has 2 rings (SSSR count).